The number of benzene rings is 4. The maximum Gasteiger partial charge on any atom is 0.0206 e. The van der Waals surface area contributed by atoms with Gasteiger partial charge in [-0.2, -0.15) is 0 Å². The van der Waals surface area contributed by atoms with Crippen LogP contribution in [0.1, 0.15) is 156 Å². The highest BCUT2D eigenvalue weighted by molar-refractivity contribution is 5.44. The third-order valence-corrected chi connectivity index (χ3v) is 17.0. The summed E-state index contributed by atoms with van der Waals surface area (Å²) in [6.45, 7) is 17.4. The first-order valence-corrected chi connectivity index (χ1v) is 22.8. The zero-order valence-corrected chi connectivity index (χ0v) is 35.7. The normalized spacial score (nSPS) is 30.4. The highest BCUT2D eigenvalue weighted by atomic mass is 14.7. The molecule has 4 saturated carbocycles. The van der Waals surface area contributed by atoms with Crippen molar-refractivity contribution in [1.29, 1.82) is 0 Å². The molecule has 8 rings (SSSR count). The summed E-state index contributed by atoms with van der Waals surface area (Å²) >= 11 is 0. The Morgan fingerprint density at radius 3 is 1.56 bits per heavy atom. The first kappa shape index (κ1) is 38.7. The van der Waals surface area contributed by atoms with Gasteiger partial charge in [-0.05, 0) is 170 Å². The van der Waals surface area contributed by atoms with Crippen LogP contribution in [0.4, 0.5) is 0 Å². The predicted octanol–water partition coefficient (Wildman–Crippen LogP) is 14.9. The molecule has 4 aliphatic carbocycles. The first-order chi connectivity index (χ1) is 26.5. The van der Waals surface area contributed by atoms with Gasteiger partial charge in [0.2, 0.25) is 0 Å². The van der Waals surface area contributed by atoms with Crippen molar-refractivity contribution in [3.8, 4) is 0 Å². The number of aryl methyl sites for hydroxylation is 2. The van der Waals surface area contributed by atoms with Crippen LogP contribution < -0.4 is 0 Å². The second kappa shape index (κ2) is 15.7. The minimum atomic E-state index is 0.0782. The lowest BCUT2D eigenvalue weighted by Gasteiger charge is -2.63. The zero-order valence-electron chi connectivity index (χ0n) is 35.7. The molecule has 0 saturated heterocycles. The molecule has 0 heterocycles. The monoisotopic (exact) mass is 733 g/mol. The summed E-state index contributed by atoms with van der Waals surface area (Å²) in [6, 6.07) is 38.2. The second-order valence-corrected chi connectivity index (χ2v) is 20.7. The summed E-state index contributed by atoms with van der Waals surface area (Å²) in [5, 5.41) is 0. The summed E-state index contributed by atoms with van der Waals surface area (Å²) < 4.78 is 0. The fourth-order valence-electron chi connectivity index (χ4n) is 13.7. The van der Waals surface area contributed by atoms with Crippen LogP contribution in [0.5, 0.6) is 0 Å². The molecule has 0 radical (unpaired) electrons. The van der Waals surface area contributed by atoms with Crippen molar-refractivity contribution in [2.75, 3.05) is 0 Å². The van der Waals surface area contributed by atoms with Crippen molar-refractivity contribution < 1.29 is 0 Å². The molecule has 0 spiro atoms. The lowest BCUT2D eigenvalue weighted by atomic mass is 9.42. The molecule has 0 bridgehead atoms. The Morgan fingerprint density at radius 1 is 0.527 bits per heavy atom. The summed E-state index contributed by atoms with van der Waals surface area (Å²) in [7, 11) is 0. The fraction of sp³-hybridized carbons (Fsp3) is 0.564. The van der Waals surface area contributed by atoms with E-state index in [1.807, 2.05) is 0 Å². The smallest absolute Gasteiger partial charge is 0.0206 e. The summed E-state index contributed by atoms with van der Waals surface area (Å²) in [4.78, 5) is 0. The quantitative estimate of drug-likeness (QED) is 0.144. The largest absolute Gasteiger partial charge is 0.0628 e. The number of rotatable bonds is 11. The van der Waals surface area contributed by atoms with Gasteiger partial charge in [-0.1, -0.05) is 162 Å². The van der Waals surface area contributed by atoms with E-state index in [1.165, 1.54) is 110 Å². The molecular weight excluding hydrogens is 661 g/mol. The molecule has 0 aromatic heterocycles. The molecule has 4 aliphatic rings. The van der Waals surface area contributed by atoms with Crippen LogP contribution in [-0.2, 0) is 18.3 Å². The van der Waals surface area contributed by atoms with E-state index < -0.39 is 0 Å². The zero-order chi connectivity index (χ0) is 38.4. The average molecular weight is 733 g/mol. The SMILES string of the molecule is Cc1ccc(Cc2ccc(C3(c4ccc(Cc5ccc(C)cc5)cc4)CC[C@]4(C)C5CC[C@]6(C)C(C(C)CCCC(C)C)CCC6C5CC[C@H]4C3)cc2)cc1. The van der Waals surface area contributed by atoms with E-state index in [0.29, 0.717) is 10.8 Å². The van der Waals surface area contributed by atoms with Gasteiger partial charge in [0.05, 0.1) is 0 Å². The van der Waals surface area contributed by atoms with Crippen molar-refractivity contribution in [2.24, 2.45) is 52.3 Å². The lowest BCUT2D eigenvalue weighted by molar-refractivity contribution is -0.122. The van der Waals surface area contributed by atoms with Gasteiger partial charge in [0.15, 0.2) is 0 Å². The first-order valence-electron chi connectivity index (χ1n) is 22.8. The Labute approximate surface area is 336 Å². The van der Waals surface area contributed by atoms with Gasteiger partial charge in [-0.25, -0.2) is 0 Å². The third-order valence-electron chi connectivity index (χ3n) is 17.0. The van der Waals surface area contributed by atoms with Crippen molar-refractivity contribution in [3.05, 3.63) is 142 Å². The molecule has 5 unspecified atom stereocenters. The Kier molecular flexibility index (Phi) is 11.0. The van der Waals surface area contributed by atoms with Crippen molar-refractivity contribution in [3.63, 3.8) is 0 Å². The summed E-state index contributed by atoms with van der Waals surface area (Å²) in [5.41, 5.74) is 12.5. The van der Waals surface area contributed by atoms with Crippen LogP contribution in [0.15, 0.2) is 97.1 Å². The molecule has 0 N–H and O–H groups in total. The van der Waals surface area contributed by atoms with Crippen LogP contribution in [0.2, 0.25) is 0 Å². The molecule has 55 heavy (non-hydrogen) atoms. The average Bonchev–Trinajstić information content (AvgIpc) is 3.54. The van der Waals surface area contributed by atoms with Crippen LogP contribution in [0.3, 0.4) is 0 Å². The topological polar surface area (TPSA) is 0 Å². The Hall–Kier alpha value is -3.12. The lowest BCUT2D eigenvalue weighted by Crippen LogP contribution is -2.55. The van der Waals surface area contributed by atoms with E-state index in [1.54, 1.807) is 11.1 Å². The number of hydrogen-bond acceptors (Lipinski definition) is 0. The van der Waals surface area contributed by atoms with Crippen molar-refractivity contribution in [2.45, 2.75) is 144 Å². The van der Waals surface area contributed by atoms with E-state index >= 15 is 0 Å². The second-order valence-electron chi connectivity index (χ2n) is 20.7. The molecule has 4 fully saturated rings. The van der Waals surface area contributed by atoms with Gasteiger partial charge < -0.3 is 0 Å². The van der Waals surface area contributed by atoms with Crippen LogP contribution in [0, 0.1) is 66.1 Å². The van der Waals surface area contributed by atoms with Crippen LogP contribution >= 0.6 is 0 Å². The van der Waals surface area contributed by atoms with E-state index in [2.05, 4.69) is 146 Å². The molecule has 4 aromatic rings. The Balaban J connectivity index is 1.05. The van der Waals surface area contributed by atoms with Gasteiger partial charge in [-0.15, -0.1) is 0 Å². The molecular formula is C55H72. The summed E-state index contributed by atoms with van der Waals surface area (Å²) in [5.74, 6) is 6.27. The molecule has 4 aromatic carbocycles. The van der Waals surface area contributed by atoms with Crippen molar-refractivity contribution >= 4 is 0 Å². The summed E-state index contributed by atoms with van der Waals surface area (Å²) in [6.07, 6.45) is 19.1. The van der Waals surface area contributed by atoms with Crippen molar-refractivity contribution in [1.82, 2.24) is 0 Å². The maximum absolute atomic E-state index is 2.79. The van der Waals surface area contributed by atoms with Crippen LogP contribution in [-0.4, -0.2) is 0 Å². The minimum Gasteiger partial charge on any atom is -0.0628 e. The Morgan fingerprint density at radius 2 is 1.04 bits per heavy atom. The highest BCUT2D eigenvalue weighted by Gasteiger charge is 2.62. The van der Waals surface area contributed by atoms with Gasteiger partial charge in [0, 0.05) is 5.41 Å². The molecule has 0 heteroatoms. The van der Waals surface area contributed by atoms with E-state index in [4.69, 9.17) is 0 Å². The predicted molar refractivity (Wildman–Crippen MR) is 235 cm³/mol. The molecule has 8 atom stereocenters. The Bertz CT molecular complexity index is 1770. The number of hydrogen-bond donors (Lipinski definition) is 0. The van der Waals surface area contributed by atoms with Gasteiger partial charge in [-0.3, -0.25) is 0 Å². The minimum absolute atomic E-state index is 0.0782. The molecule has 292 valence electrons. The molecule has 0 nitrogen and oxygen atoms in total. The van der Waals surface area contributed by atoms with E-state index in [9.17, 15) is 0 Å². The van der Waals surface area contributed by atoms with Gasteiger partial charge in [0.25, 0.3) is 0 Å². The van der Waals surface area contributed by atoms with Crippen LogP contribution in [0.25, 0.3) is 0 Å². The fourth-order valence-corrected chi connectivity index (χ4v) is 13.7. The third kappa shape index (κ3) is 7.55. The van der Waals surface area contributed by atoms with E-state index in [0.717, 1.165) is 54.3 Å². The number of fused-ring (bicyclic) bond motifs is 5. The van der Waals surface area contributed by atoms with Gasteiger partial charge in [0.1, 0.15) is 0 Å². The maximum atomic E-state index is 2.79. The van der Waals surface area contributed by atoms with E-state index in [-0.39, 0.29) is 5.41 Å². The van der Waals surface area contributed by atoms with Gasteiger partial charge >= 0.3 is 0 Å². The standard InChI is InChI=1S/C55H72/c1-38(2)9-8-10-41(5)50-29-30-51-49-28-27-48-37-55(34-33-53(48,6)52(49)31-32-54(50,51)7,46-23-19-44(20-24-46)35-42-15-11-39(3)12-16-42)47-25-21-45(22-26-47)36-43-17-13-40(4)14-18-43/h11-26,38,41,48-52H,8-10,27-37H2,1-7H3/t41?,48-,49?,50?,51?,52?,53-,54+/m0/s1. The highest BCUT2D eigenvalue weighted by Crippen LogP contribution is 2.70. The molecule has 0 aliphatic heterocycles. The molecule has 0 amide bonds.